The highest BCUT2D eigenvalue weighted by molar-refractivity contribution is 7.92. The van der Waals surface area contributed by atoms with Crippen molar-refractivity contribution in [3.63, 3.8) is 0 Å². The SMILES string of the molecule is Cc1cccc(C)c1-c1cc2nc(n1)NS(=O)(=O)c1cccc(c1)C(=O)N(C1CC(C)C1)[C@H](CC(C)(C)C)CO2. The van der Waals surface area contributed by atoms with E-state index in [1.165, 1.54) is 12.1 Å². The third kappa shape index (κ3) is 5.84. The summed E-state index contributed by atoms with van der Waals surface area (Å²) in [5, 5.41) is 0. The summed E-state index contributed by atoms with van der Waals surface area (Å²) in [5.74, 6) is 0.520. The van der Waals surface area contributed by atoms with Gasteiger partial charge in [-0.25, -0.2) is 18.1 Å². The van der Waals surface area contributed by atoms with Gasteiger partial charge in [-0.15, -0.1) is 0 Å². The number of nitrogens with zero attached hydrogens (tertiary/aromatic N) is 3. The van der Waals surface area contributed by atoms with Crippen LogP contribution in [0.2, 0.25) is 0 Å². The fourth-order valence-corrected chi connectivity index (χ4v) is 6.85. The maximum Gasteiger partial charge on any atom is 0.264 e. The molecule has 2 aliphatic rings. The van der Waals surface area contributed by atoms with Crippen molar-refractivity contribution in [2.24, 2.45) is 11.3 Å². The normalized spacial score (nSPS) is 22.6. The summed E-state index contributed by atoms with van der Waals surface area (Å²) >= 11 is 0. The van der Waals surface area contributed by atoms with E-state index in [-0.39, 0.29) is 46.7 Å². The van der Waals surface area contributed by atoms with Gasteiger partial charge in [-0.1, -0.05) is 52.0 Å². The minimum absolute atomic E-state index is 0.0181. The Bertz CT molecular complexity index is 1520. The van der Waals surface area contributed by atoms with Crippen LogP contribution in [-0.2, 0) is 10.0 Å². The summed E-state index contributed by atoms with van der Waals surface area (Å²) in [4.78, 5) is 25.1. The van der Waals surface area contributed by atoms with Crippen molar-refractivity contribution in [2.45, 2.75) is 77.8 Å². The largest absolute Gasteiger partial charge is 0.475 e. The van der Waals surface area contributed by atoms with Crippen molar-refractivity contribution < 1.29 is 17.9 Å². The van der Waals surface area contributed by atoms with E-state index in [4.69, 9.17) is 4.74 Å². The first-order valence-corrected chi connectivity index (χ1v) is 15.3. The number of rotatable bonds is 3. The van der Waals surface area contributed by atoms with Gasteiger partial charge in [0.05, 0.1) is 16.6 Å². The first-order valence-electron chi connectivity index (χ1n) is 13.8. The molecule has 40 heavy (non-hydrogen) atoms. The minimum atomic E-state index is -4.08. The summed E-state index contributed by atoms with van der Waals surface area (Å²) in [7, 11) is -4.08. The molecule has 212 valence electrons. The molecule has 8 nitrogen and oxygen atoms in total. The first kappa shape index (κ1) is 28.1. The zero-order valence-corrected chi connectivity index (χ0v) is 24.9. The Kier molecular flexibility index (Phi) is 7.37. The van der Waals surface area contributed by atoms with E-state index in [9.17, 15) is 13.2 Å². The molecule has 5 rings (SSSR count). The van der Waals surface area contributed by atoms with Crippen molar-refractivity contribution in [2.75, 3.05) is 11.3 Å². The molecule has 9 heteroatoms. The van der Waals surface area contributed by atoms with Crippen LogP contribution in [0.25, 0.3) is 11.3 Å². The highest BCUT2D eigenvalue weighted by Crippen LogP contribution is 2.37. The molecule has 0 saturated heterocycles. The fourth-order valence-electron chi connectivity index (χ4n) is 5.86. The van der Waals surface area contributed by atoms with E-state index < -0.39 is 10.0 Å². The van der Waals surface area contributed by atoms with E-state index in [0.717, 1.165) is 29.5 Å². The number of hydrogen-bond acceptors (Lipinski definition) is 6. The molecule has 1 saturated carbocycles. The molecule has 1 amide bonds. The number of carbonyl (C=O) groups excluding carboxylic acids is 1. The van der Waals surface area contributed by atoms with Crippen molar-refractivity contribution in [1.82, 2.24) is 14.9 Å². The average Bonchev–Trinajstić information content (AvgIpc) is 2.84. The Balaban J connectivity index is 1.67. The molecule has 1 N–H and O–H groups in total. The van der Waals surface area contributed by atoms with Gasteiger partial charge in [0.15, 0.2) is 0 Å². The van der Waals surface area contributed by atoms with Crippen LogP contribution in [0.15, 0.2) is 53.4 Å². The van der Waals surface area contributed by atoms with Crippen molar-refractivity contribution in [1.29, 1.82) is 0 Å². The van der Waals surface area contributed by atoms with Crippen LogP contribution < -0.4 is 9.46 Å². The Morgan fingerprint density at radius 3 is 2.35 bits per heavy atom. The van der Waals surface area contributed by atoms with Crippen LogP contribution in [0, 0.1) is 25.2 Å². The molecule has 1 atom stereocenters. The zero-order valence-electron chi connectivity index (χ0n) is 24.1. The van der Waals surface area contributed by atoms with E-state index in [1.807, 2.05) is 36.9 Å². The number of sulfonamides is 1. The predicted molar refractivity (Wildman–Crippen MR) is 156 cm³/mol. The zero-order chi connectivity index (χ0) is 28.8. The summed E-state index contributed by atoms with van der Waals surface area (Å²) < 4.78 is 35.8. The molecule has 3 aromatic rings. The molecule has 0 radical (unpaired) electrons. The summed E-state index contributed by atoms with van der Waals surface area (Å²) in [5.41, 5.74) is 3.73. The maximum absolute atomic E-state index is 14.1. The lowest BCUT2D eigenvalue weighted by Crippen LogP contribution is -2.55. The second kappa shape index (κ2) is 10.5. The van der Waals surface area contributed by atoms with Gasteiger partial charge in [0.1, 0.15) is 6.61 Å². The molecule has 4 bridgehead atoms. The molecule has 0 unspecified atom stereocenters. The molecule has 1 fully saturated rings. The van der Waals surface area contributed by atoms with Gasteiger partial charge in [0.25, 0.3) is 15.9 Å². The third-order valence-electron chi connectivity index (χ3n) is 7.70. The van der Waals surface area contributed by atoms with Crippen molar-refractivity contribution in [3.8, 4) is 17.1 Å². The van der Waals surface area contributed by atoms with Crippen LogP contribution in [0.3, 0.4) is 0 Å². The smallest absolute Gasteiger partial charge is 0.264 e. The molecule has 2 aromatic carbocycles. The number of benzene rings is 2. The number of aromatic nitrogens is 2. The van der Waals surface area contributed by atoms with Crippen LogP contribution >= 0.6 is 0 Å². The molecular formula is C31H38N4O4S. The standard InChI is InChI=1S/C31H38N4O4S/c1-19-13-23(14-19)35-24(17-31(4,5)6)18-39-27-16-26(28-20(2)9-7-10-21(28)3)32-30(33-27)34-40(37,38)25-12-8-11-22(15-25)29(35)36/h7-12,15-16,19,23-24H,13-14,17-18H2,1-6H3,(H,32,33,34)/t19?,23?,24-/m1/s1. The van der Waals surface area contributed by atoms with Crippen LogP contribution in [-0.4, -0.2) is 47.9 Å². The molecule has 2 heterocycles. The quantitative estimate of drug-likeness (QED) is 0.420. The van der Waals surface area contributed by atoms with Gasteiger partial charge in [-0.2, -0.15) is 4.98 Å². The van der Waals surface area contributed by atoms with Gasteiger partial charge in [-0.05, 0) is 73.8 Å². The Morgan fingerprint density at radius 1 is 1.02 bits per heavy atom. The second-order valence-electron chi connectivity index (χ2n) is 12.5. The van der Waals surface area contributed by atoms with E-state index in [0.29, 0.717) is 23.6 Å². The van der Waals surface area contributed by atoms with Crippen LogP contribution in [0.1, 0.15) is 68.4 Å². The van der Waals surface area contributed by atoms with E-state index in [1.54, 1.807) is 18.2 Å². The van der Waals surface area contributed by atoms with Crippen molar-refractivity contribution in [3.05, 3.63) is 65.2 Å². The number of anilines is 1. The van der Waals surface area contributed by atoms with Crippen molar-refractivity contribution >= 4 is 21.9 Å². The molecule has 1 aliphatic carbocycles. The Morgan fingerprint density at radius 2 is 1.70 bits per heavy atom. The fraction of sp³-hybridized carbons (Fsp3) is 0.452. The predicted octanol–water partition coefficient (Wildman–Crippen LogP) is 6.00. The van der Waals surface area contributed by atoms with Gasteiger partial charge in [0.2, 0.25) is 11.8 Å². The van der Waals surface area contributed by atoms with Gasteiger partial charge in [0, 0.05) is 23.2 Å². The first-order chi connectivity index (χ1) is 18.8. The number of nitrogens with one attached hydrogen (secondary N) is 1. The highest BCUT2D eigenvalue weighted by Gasteiger charge is 2.40. The lowest BCUT2D eigenvalue weighted by atomic mass is 9.78. The number of fused-ring (bicyclic) bond motifs is 4. The van der Waals surface area contributed by atoms with Crippen LogP contribution in [0.4, 0.5) is 5.95 Å². The number of carbonyl (C=O) groups is 1. The molecule has 1 aromatic heterocycles. The molecule has 1 aliphatic heterocycles. The van der Waals surface area contributed by atoms with E-state index >= 15 is 0 Å². The Hall–Kier alpha value is -3.46. The summed E-state index contributed by atoms with van der Waals surface area (Å²) in [6, 6.07) is 13.8. The average molecular weight is 563 g/mol. The number of amides is 1. The molecule has 0 spiro atoms. The monoisotopic (exact) mass is 562 g/mol. The Labute approximate surface area is 237 Å². The lowest BCUT2D eigenvalue weighted by Gasteiger charge is -2.46. The van der Waals surface area contributed by atoms with Gasteiger partial charge >= 0.3 is 0 Å². The summed E-state index contributed by atoms with van der Waals surface area (Å²) in [6.07, 6.45) is 2.52. The lowest BCUT2D eigenvalue weighted by molar-refractivity contribution is 0.0126. The minimum Gasteiger partial charge on any atom is -0.475 e. The highest BCUT2D eigenvalue weighted by atomic mass is 32.2. The van der Waals surface area contributed by atoms with Gasteiger partial charge < -0.3 is 9.64 Å². The third-order valence-corrected chi connectivity index (χ3v) is 9.02. The topological polar surface area (TPSA) is 101 Å². The second-order valence-corrected chi connectivity index (χ2v) is 14.2. The number of ether oxygens (including phenoxy) is 1. The van der Waals surface area contributed by atoms with Crippen LogP contribution in [0.5, 0.6) is 5.88 Å². The van der Waals surface area contributed by atoms with E-state index in [2.05, 4.69) is 42.4 Å². The maximum atomic E-state index is 14.1. The number of hydrogen-bond donors (Lipinski definition) is 1. The summed E-state index contributed by atoms with van der Waals surface area (Å²) in [6.45, 7) is 12.9. The van der Waals surface area contributed by atoms with Gasteiger partial charge in [-0.3, -0.25) is 4.79 Å². The molecular weight excluding hydrogens is 524 g/mol. The number of aryl methyl sites for hydroxylation is 2.